The average Bonchev–Trinajstić information content (AvgIpc) is 2.85. The number of para-hydroxylation sites is 1. The van der Waals surface area contributed by atoms with Crippen LogP contribution in [-0.2, 0) is 6.42 Å². The second kappa shape index (κ2) is 6.20. The highest BCUT2D eigenvalue weighted by Crippen LogP contribution is 2.50. The van der Waals surface area contributed by atoms with Crippen molar-refractivity contribution < 1.29 is 0 Å². The molecule has 3 aromatic rings. The lowest BCUT2D eigenvalue weighted by Gasteiger charge is -2.31. The fourth-order valence-electron chi connectivity index (χ4n) is 4.01. The number of thioether (sulfide) groups is 1. The Hall–Kier alpha value is -2.32. The summed E-state index contributed by atoms with van der Waals surface area (Å²) in [6.45, 7) is 0. The number of rotatable bonds is 1. The molecule has 1 aliphatic carbocycles. The van der Waals surface area contributed by atoms with Crippen LogP contribution in [0.3, 0.4) is 0 Å². The molecule has 1 nitrogen and oxygen atoms in total. The maximum Gasteiger partial charge on any atom is 0.0769 e. The van der Waals surface area contributed by atoms with E-state index in [1.165, 1.54) is 27.3 Å². The molecule has 2 unspecified atom stereocenters. The molecule has 25 heavy (non-hydrogen) atoms. The van der Waals surface area contributed by atoms with Crippen molar-refractivity contribution in [3.05, 3.63) is 95.6 Å². The van der Waals surface area contributed by atoms with Crippen molar-refractivity contribution in [2.75, 3.05) is 0 Å². The first-order valence-corrected chi connectivity index (χ1v) is 9.75. The Morgan fingerprint density at radius 1 is 0.800 bits per heavy atom. The third-order valence-electron chi connectivity index (χ3n) is 5.22. The number of hydrogen-bond donors (Lipinski definition) is 0. The van der Waals surface area contributed by atoms with Crippen molar-refractivity contribution in [1.82, 2.24) is 0 Å². The quantitative estimate of drug-likeness (QED) is 0.512. The van der Waals surface area contributed by atoms with E-state index in [9.17, 15) is 0 Å². The average molecular weight is 341 g/mol. The van der Waals surface area contributed by atoms with Crippen LogP contribution < -0.4 is 0 Å². The summed E-state index contributed by atoms with van der Waals surface area (Å²) in [7, 11) is 0. The predicted octanol–water partition coefficient (Wildman–Crippen LogP) is 6.22. The first kappa shape index (κ1) is 15.0. The molecule has 0 saturated heterocycles. The van der Waals surface area contributed by atoms with Gasteiger partial charge in [-0.05, 0) is 41.7 Å². The SMILES string of the molecule is c1ccc(C2Sc3ccccc3N=C3c4ccccc4CCC32)cc1. The van der Waals surface area contributed by atoms with Crippen molar-refractivity contribution >= 4 is 23.2 Å². The van der Waals surface area contributed by atoms with E-state index < -0.39 is 0 Å². The molecular weight excluding hydrogens is 322 g/mol. The Morgan fingerprint density at radius 3 is 2.48 bits per heavy atom. The van der Waals surface area contributed by atoms with Gasteiger partial charge in [-0.15, -0.1) is 11.8 Å². The number of hydrogen-bond acceptors (Lipinski definition) is 2. The van der Waals surface area contributed by atoms with E-state index in [1.807, 2.05) is 11.8 Å². The van der Waals surface area contributed by atoms with Crippen molar-refractivity contribution in [3.63, 3.8) is 0 Å². The van der Waals surface area contributed by atoms with Crippen molar-refractivity contribution in [2.45, 2.75) is 23.0 Å². The summed E-state index contributed by atoms with van der Waals surface area (Å²) in [6.07, 6.45) is 2.30. The minimum atomic E-state index is 0.414. The lowest BCUT2D eigenvalue weighted by Crippen LogP contribution is -2.27. The molecule has 122 valence electrons. The van der Waals surface area contributed by atoms with Gasteiger partial charge in [0.1, 0.15) is 0 Å². The Kier molecular flexibility index (Phi) is 3.71. The summed E-state index contributed by atoms with van der Waals surface area (Å²) in [5.74, 6) is 0.453. The van der Waals surface area contributed by atoms with E-state index in [0.29, 0.717) is 11.2 Å². The van der Waals surface area contributed by atoms with Gasteiger partial charge in [-0.1, -0.05) is 66.7 Å². The highest BCUT2D eigenvalue weighted by molar-refractivity contribution is 7.99. The van der Waals surface area contributed by atoms with E-state index in [2.05, 4.69) is 78.9 Å². The maximum absolute atomic E-state index is 5.17. The van der Waals surface area contributed by atoms with Gasteiger partial charge >= 0.3 is 0 Å². The van der Waals surface area contributed by atoms with Crippen LogP contribution in [-0.4, -0.2) is 5.71 Å². The van der Waals surface area contributed by atoms with Crippen LogP contribution in [0, 0.1) is 5.92 Å². The third-order valence-corrected chi connectivity index (χ3v) is 6.68. The zero-order valence-electron chi connectivity index (χ0n) is 13.9. The van der Waals surface area contributed by atoms with E-state index in [-0.39, 0.29) is 0 Å². The molecule has 1 aliphatic heterocycles. The molecule has 0 radical (unpaired) electrons. The zero-order chi connectivity index (χ0) is 16.6. The monoisotopic (exact) mass is 341 g/mol. The first-order chi connectivity index (χ1) is 12.4. The summed E-state index contributed by atoms with van der Waals surface area (Å²) < 4.78 is 0. The summed E-state index contributed by atoms with van der Waals surface area (Å²) in [6, 6.07) is 28.3. The van der Waals surface area contributed by atoms with Gasteiger partial charge in [0.15, 0.2) is 0 Å². The fraction of sp³-hybridized carbons (Fsp3) is 0.174. The van der Waals surface area contributed by atoms with Gasteiger partial charge in [0.05, 0.1) is 11.4 Å². The highest BCUT2D eigenvalue weighted by atomic mass is 32.2. The number of aliphatic imine (C=N–C) groups is 1. The third kappa shape index (κ3) is 2.61. The van der Waals surface area contributed by atoms with Crippen LogP contribution in [0.2, 0.25) is 0 Å². The van der Waals surface area contributed by atoms with Gasteiger partial charge < -0.3 is 0 Å². The largest absolute Gasteiger partial charge is 0.251 e. The molecule has 1 heterocycles. The summed E-state index contributed by atoms with van der Waals surface area (Å²) in [5, 5.41) is 0.414. The normalized spacial score (nSPS) is 21.4. The van der Waals surface area contributed by atoms with Crippen molar-refractivity contribution in [3.8, 4) is 0 Å². The molecule has 3 aromatic carbocycles. The highest BCUT2D eigenvalue weighted by Gasteiger charge is 2.35. The van der Waals surface area contributed by atoms with E-state index in [4.69, 9.17) is 4.99 Å². The molecular formula is C23H19NS. The summed E-state index contributed by atoms with van der Waals surface area (Å²) >= 11 is 1.98. The molecule has 0 bridgehead atoms. The molecule has 5 rings (SSSR count). The molecule has 0 amide bonds. The molecule has 0 fully saturated rings. The van der Waals surface area contributed by atoms with Crippen LogP contribution in [0.1, 0.15) is 28.4 Å². The molecule has 2 aliphatic rings. The smallest absolute Gasteiger partial charge is 0.0769 e. The number of benzene rings is 3. The predicted molar refractivity (Wildman–Crippen MR) is 106 cm³/mol. The van der Waals surface area contributed by atoms with E-state index in [0.717, 1.165) is 18.5 Å². The number of aryl methyl sites for hydroxylation is 1. The van der Waals surface area contributed by atoms with Gasteiger partial charge in [-0.2, -0.15) is 0 Å². The fourth-order valence-corrected chi connectivity index (χ4v) is 5.40. The Morgan fingerprint density at radius 2 is 1.56 bits per heavy atom. The lowest BCUT2D eigenvalue weighted by molar-refractivity contribution is 0.597. The minimum absolute atomic E-state index is 0.414. The summed E-state index contributed by atoms with van der Waals surface area (Å²) in [5.41, 5.74) is 6.57. The molecule has 0 N–H and O–H groups in total. The standard InChI is InChI=1S/C23H19NS/c1-2-9-17(10-3-1)23-19-15-14-16-8-4-5-11-18(16)22(19)24-20-12-6-7-13-21(20)25-23/h1-13,19,23H,14-15H2. The van der Waals surface area contributed by atoms with Crippen LogP contribution >= 0.6 is 11.8 Å². The maximum atomic E-state index is 5.17. The number of nitrogens with zero attached hydrogens (tertiary/aromatic N) is 1. The molecule has 0 aromatic heterocycles. The van der Waals surface area contributed by atoms with Crippen molar-refractivity contribution in [1.29, 1.82) is 0 Å². The minimum Gasteiger partial charge on any atom is -0.251 e. The second-order valence-corrected chi connectivity index (χ2v) is 7.90. The van der Waals surface area contributed by atoms with Gasteiger partial charge in [0, 0.05) is 16.1 Å². The Labute approximate surface area is 152 Å². The lowest BCUT2D eigenvalue weighted by atomic mass is 9.78. The van der Waals surface area contributed by atoms with Gasteiger partial charge in [0.2, 0.25) is 0 Å². The van der Waals surface area contributed by atoms with Crippen LogP contribution in [0.15, 0.2) is 88.8 Å². The molecule has 0 saturated carbocycles. The van der Waals surface area contributed by atoms with Gasteiger partial charge in [-0.3, -0.25) is 4.99 Å². The molecule has 2 heteroatoms. The molecule has 2 atom stereocenters. The van der Waals surface area contributed by atoms with Gasteiger partial charge in [-0.25, -0.2) is 0 Å². The Bertz CT molecular complexity index is 945. The van der Waals surface area contributed by atoms with Gasteiger partial charge in [0.25, 0.3) is 0 Å². The Balaban J connectivity index is 1.72. The topological polar surface area (TPSA) is 12.4 Å². The first-order valence-electron chi connectivity index (χ1n) is 8.87. The van der Waals surface area contributed by atoms with E-state index in [1.54, 1.807) is 0 Å². The van der Waals surface area contributed by atoms with Crippen LogP contribution in [0.5, 0.6) is 0 Å². The van der Waals surface area contributed by atoms with Crippen molar-refractivity contribution in [2.24, 2.45) is 10.9 Å². The second-order valence-electron chi connectivity index (χ2n) is 6.72. The van der Waals surface area contributed by atoms with E-state index >= 15 is 0 Å². The summed E-state index contributed by atoms with van der Waals surface area (Å²) in [4.78, 5) is 6.46. The number of fused-ring (bicyclic) bond motifs is 4. The van der Waals surface area contributed by atoms with Crippen LogP contribution in [0.25, 0.3) is 0 Å². The van der Waals surface area contributed by atoms with Crippen LogP contribution in [0.4, 0.5) is 5.69 Å². The molecule has 0 spiro atoms. The zero-order valence-corrected chi connectivity index (χ0v) is 14.7.